The van der Waals surface area contributed by atoms with Crippen molar-refractivity contribution in [3.05, 3.63) is 30.5 Å². The Balaban J connectivity index is 1.93. The molecule has 0 radical (unpaired) electrons. The number of benzene rings is 1. The average Bonchev–Trinajstić information content (AvgIpc) is 2.86. The van der Waals surface area contributed by atoms with E-state index in [0.717, 1.165) is 23.7 Å². The Hall–Kier alpha value is -1.97. The SMILES string of the molecule is CCCCNC(=O)C(C)Oc1ccc2[nH]ccc2c1. The summed E-state index contributed by atoms with van der Waals surface area (Å²) < 4.78 is 5.66. The van der Waals surface area contributed by atoms with E-state index in [1.807, 2.05) is 30.5 Å². The van der Waals surface area contributed by atoms with Crippen molar-refractivity contribution in [2.45, 2.75) is 32.8 Å². The van der Waals surface area contributed by atoms with Crippen molar-refractivity contribution < 1.29 is 9.53 Å². The molecule has 0 fully saturated rings. The average molecular weight is 260 g/mol. The second-order valence-electron chi connectivity index (χ2n) is 4.63. The summed E-state index contributed by atoms with van der Waals surface area (Å²) in [6, 6.07) is 7.73. The molecule has 19 heavy (non-hydrogen) atoms. The van der Waals surface area contributed by atoms with Crippen LogP contribution in [0.1, 0.15) is 26.7 Å². The van der Waals surface area contributed by atoms with Crippen LogP contribution in [0.4, 0.5) is 0 Å². The minimum absolute atomic E-state index is 0.0670. The maximum absolute atomic E-state index is 11.8. The number of rotatable bonds is 6. The number of amides is 1. The number of hydrogen-bond donors (Lipinski definition) is 2. The van der Waals surface area contributed by atoms with Gasteiger partial charge in [0.1, 0.15) is 5.75 Å². The molecule has 0 saturated heterocycles. The van der Waals surface area contributed by atoms with E-state index in [4.69, 9.17) is 4.74 Å². The fourth-order valence-corrected chi connectivity index (χ4v) is 1.89. The van der Waals surface area contributed by atoms with Crippen molar-refractivity contribution in [3.8, 4) is 5.75 Å². The van der Waals surface area contributed by atoms with Gasteiger partial charge in [0.15, 0.2) is 6.10 Å². The van der Waals surface area contributed by atoms with Gasteiger partial charge in [0.25, 0.3) is 5.91 Å². The molecule has 1 unspecified atom stereocenters. The molecule has 1 aromatic heterocycles. The summed E-state index contributed by atoms with van der Waals surface area (Å²) in [4.78, 5) is 14.9. The standard InChI is InChI=1S/C15H20N2O2/c1-3-4-8-17-15(18)11(2)19-13-5-6-14-12(10-13)7-9-16-14/h5-7,9-11,16H,3-4,8H2,1-2H3,(H,17,18). The predicted molar refractivity (Wildman–Crippen MR) is 76.3 cm³/mol. The van der Waals surface area contributed by atoms with E-state index in [1.54, 1.807) is 6.92 Å². The molecule has 1 atom stereocenters. The van der Waals surface area contributed by atoms with Crippen LogP contribution < -0.4 is 10.1 Å². The first-order chi connectivity index (χ1) is 9.20. The van der Waals surface area contributed by atoms with E-state index in [9.17, 15) is 4.79 Å². The normalized spacial score (nSPS) is 12.3. The van der Waals surface area contributed by atoms with Gasteiger partial charge in [-0.2, -0.15) is 0 Å². The third kappa shape index (κ3) is 3.50. The van der Waals surface area contributed by atoms with Crippen molar-refractivity contribution in [1.82, 2.24) is 10.3 Å². The number of H-pyrrole nitrogens is 1. The van der Waals surface area contributed by atoms with Gasteiger partial charge in [0, 0.05) is 23.6 Å². The van der Waals surface area contributed by atoms with Crippen molar-refractivity contribution >= 4 is 16.8 Å². The zero-order chi connectivity index (χ0) is 13.7. The van der Waals surface area contributed by atoms with Crippen LogP contribution in [0, 0.1) is 0 Å². The first-order valence-electron chi connectivity index (χ1n) is 6.72. The molecule has 1 heterocycles. The van der Waals surface area contributed by atoms with Crippen molar-refractivity contribution in [2.75, 3.05) is 6.54 Å². The second-order valence-corrected chi connectivity index (χ2v) is 4.63. The van der Waals surface area contributed by atoms with Gasteiger partial charge >= 0.3 is 0 Å². The summed E-state index contributed by atoms with van der Waals surface area (Å²) >= 11 is 0. The zero-order valence-electron chi connectivity index (χ0n) is 11.4. The highest BCUT2D eigenvalue weighted by Crippen LogP contribution is 2.20. The van der Waals surface area contributed by atoms with Gasteiger partial charge in [0.2, 0.25) is 0 Å². The number of nitrogens with one attached hydrogen (secondary N) is 2. The Morgan fingerprint density at radius 3 is 3.05 bits per heavy atom. The van der Waals surface area contributed by atoms with E-state index in [1.165, 1.54) is 0 Å². The summed E-state index contributed by atoms with van der Waals surface area (Å²) in [5.41, 5.74) is 1.06. The van der Waals surface area contributed by atoms with Gasteiger partial charge in [-0.3, -0.25) is 4.79 Å². The summed E-state index contributed by atoms with van der Waals surface area (Å²) in [5.74, 6) is 0.646. The molecule has 4 heteroatoms. The Morgan fingerprint density at radius 1 is 1.42 bits per heavy atom. The molecule has 0 aliphatic carbocycles. The van der Waals surface area contributed by atoms with Crippen LogP contribution >= 0.6 is 0 Å². The largest absolute Gasteiger partial charge is 0.481 e. The lowest BCUT2D eigenvalue weighted by atomic mass is 10.2. The number of aromatic nitrogens is 1. The Bertz CT molecular complexity index is 548. The van der Waals surface area contributed by atoms with Crippen LogP contribution in [0.15, 0.2) is 30.5 Å². The molecule has 2 aromatic rings. The van der Waals surface area contributed by atoms with Crippen molar-refractivity contribution in [2.24, 2.45) is 0 Å². The molecule has 1 aromatic carbocycles. The molecule has 102 valence electrons. The second kappa shape index (κ2) is 6.27. The lowest BCUT2D eigenvalue weighted by molar-refractivity contribution is -0.127. The molecule has 0 spiro atoms. The third-order valence-electron chi connectivity index (χ3n) is 3.04. The molecule has 0 aliphatic heterocycles. The molecule has 0 aliphatic rings. The number of ether oxygens (including phenoxy) is 1. The summed E-state index contributed by atoms with van der Waals surface area (Å²) in [7, 11) is 0. The number of carbonyl (C=O) groups is 1. The van der Waals surface area contributed by atoms with Crippen LogP contribution in [-0.4, -0.2) is 23.5 Å². The molecule has 2 N–H and O–H groups in total. The molecular formula is C15H20N2O2. The summed E-state index contributed by atoms with van der Waals surface area (Å²) in [6.45, 7) is 4.57. The number of hydrogen-bond acceptors (Lipinski definition) is 2. The Labute approximate surface area is 113 Å². The van der Waals surface area contributed by atoms with Gasteiger partial charge in [-0.05, 0) is 37.6 Å². The maximum Gasteiger partial charge on any atom is 0.260 e. The summed E-state index contributed by atoms with van der Waals surface area (Å²) in [6.07, 6.45) is 3.47. The van der Waals surface area contributed by atoms with Gasteiger partial charge < -0.3 is 15.0 Å². The van der Waals surface area contributed by atoms with Gasteiger partial charge in [-0.25, -0.2) is 0 Å². The van der Waals surface area contributed by atoms with Crippen LogP contribution in [0.5, 0.6) is 5.75 Å². The minimum atomic E-state index is -0.478. The molecule has 0 bridgehead atoms. The number of unbranched alkanes of at least 4 members (excludes halogenated alkanes) is 1. The maximum atomic E-state index is 11.8. The quantitative estimate of drug-likeness (QED) is 0.785. The van der Waals surface area contributed by atoms with Gasteiger partial charge in [-0.15, -0.1) is 0 Å². The van der Waals surface area contributed by atoms with Gasteiger partial charge in [-0.1, -0.05) is 13.3 Å². The highest BCUT2D eigenvalue weighted by atomic mass is 16.5. The van der Waals surface area contributed by atoms with Crippen molar-refractivity contribution in [1.29, 1.82) is 0 Å². The molecular weight excluding hydrogens is 240 g/mol. The van der Waals surface area contributed by atoms with E-state index >= 15 is 0 Å². The smallest absolute Gasteiger partial charge is 0.260 e. The van der Waals surface area contributed by atoms with E-state index in [-0.39, 0.29) is 5.91 Å². The highest BCUT2D eigenvalue weighted by Gasteiger charge is 2.13. The lowest BCUT2D eigenvalue weighted by Crippen LogP contribution is -2.36. The molecule has 4 nitrogen and oxygen atoms in total. The molecule has 2 rings (SSSR count). The fraction of sp³-hybridized carbons (Fsp3) is 0.400. The fourth-order valence-electron chi connectivity index (χ4n) is 1.89. The van der Waals surface area contributed by atoms with Crippen molar-refractivity contribution in [3.63, 3.8) is 0 Å². The van der Waals surface area contributed by atoms with Crippen LogP contribution in [0.2, 0.25) is 0 Å². The van der Waals surface area contributed by atoms with Crippen LogP contribution in [0.25, 0.3) is 10.9 Å². The third-order valence-corrected chi connectivity index (χ3v) is 3.04. The topological polar surface area (TPSA) is 54.1 Å². The first kappa shape index (κ1) is 13.5. The Morgan fingerprint density at radius 2 is 2.26 bits per heavy atom. The highest BCUT2D eigenvalue weighted by molar-refractivity contribution is 5.82. The van der Waals surface area contributed by atoms with E-state index in [2.05, 4.69) is 17.2 Å². The monoisotopic (exact) mass is 260 g/mol. The molecule has 0 saturated carbocycles. The minimum Gasteiger partial charge on any atom is -0.481 e. The zero-order valence-corrected chi connectivity index (χ0v) is 11.4. The van der Waals surface area contributed by atoms with E-state index < -0.39 is 6.10 Å². The molecule has 1 amide bonds. The van der Waals surface area contributed by atoms with Crippen LogP contribution in [-0.2, 0) is 4.79 Å². The number of carbonyl (C=O) groups excluding carboxylic acids is 1. The lowest BCUT2D eigenvalue weighted by Gasteiger charge is -2.14. The Kier molecular flexibility index (Phi) is 4.44. The van der Waals surface area contributed by atoms with Crippen LogP contribution in [0.3, 0.4) is 0 Å². The number of aromatic amines is 1. The van der Waals surface area contributed by atoms with Gasteiger partial charge in [0.05, 0.1) is 0 Å². The summed E-state index contributed by atoms with van der Waals surface area (Å²) in [5, 5.41) is 3.95. The number of fused-ring (bicyclic) bond motifs is 1. The predicted octanol–water partition coefficient (Wildman–Crippen LogP) is 2.85. The van der Waals surface area contributed by atoms with E-state index in [0.29, 0.717) is 12.3 Å². The first-order valence-corrected chi connectivity index (χ1v) is 6.72.